The lowest BCUT2D eigenvalue weighted by molar-refractivity contribution is -0.116. The van der Waals surface area contributed by atoms with E-state index >= 15 is 0 Å². The maximum Gasteiger partial charge on any atom is 0.248 e. The second-order valence-corrected chi connectivity index (χ2v) is 5.64. The molecule has 2 aromatic rings. The molecule has 22 heavy (non-hydrogen) atoms. The highest BCUT2D eigenvalue weighted by atomic mass is 16.5. The van der Waals surface area contributed by atoms with Crippen LogP contribution in [0.1, 0.15) is 51.4 Å². The molecule has 1 aromatic carbocycles. The third-order valence-electron chi connectivity index (χ3n) is 3.45. The molecule has 6 heteroatoms. The largest absolute Gasteiger partial charge is 0.374 e. The molecule has 0 bridgehead atoms. The molecular formula is C16H22N4O2. The summed E-state index contributed by atoms with van der Waals surface area (Å²) < 4.78 is 5.28. The fraction of sp³-hybridized carbons (Fsp3) is 0.438. The Hall–Kier alpha value is -2.37. The molecule has 0 saturated carbocycles. The summed E-state index contributed by atoms with van der Waals surface area (Å²) in [5.41, 5.74) is 1.78. The van der Waals surface area contributed by atoms with E-state index in [-0.39, 0.29) is 17.9 Å². The zero-order valence-corrected chi connectivity index (χ0v) is 13.6. The summed E-state index contributed by atoms with van der Waals surface area (Å²) in [6.45, 7) is 7.55. The van der Waals surface area contributed by atoms with Crippen LogP contribution < -0.4 is 10.2 Å². The van der Waals surface area contributed by atoms with Crippen molar-refractivity contribution in [3.05, 3.63) is 36.0 Å². The molecule has 1 N–H and O–H groups in total. The number of carbonyl (C=O) groups excluding carboxylic acids is 1. The number of rotatable bonds is 5. The molecule has 0 saturated heterocycles. The Labute approximate surface area is 130 Å². The molecular weight excluding hydrogens is 280 g/mol. The van der Waals surface area contributed by atoms with Crippen molar-refractivity contribution in [3.8, 4) is 0 Å². The van der Waals surface area contributed by atoms with Crippen molar-refractivity contribution in [2.24, 2.45) is 0 Å². The number of aromatic nitrogens is 2. The first-order valence-corrected chi connectivity index (χ1v) is 7.33. The highest BCUT2D eigenvalue weighted by Crippen LogP contribution is 2.22. The molecule has 1 amide bonds. The quantitative estimate of drug-likeness (QED) is 0.917. The number of carbonyl (C=O) groups is 1. The first-order valence-electron chi connectivity index (χ1n) is 7.33. The normalized spacial score (nSPS) is 12.3. The van der Waals surface area contributed by atoms with E-state index in [1.807, 2.05) is 45.0 Å². The predicted molar refractivity (Wildman–Crippen MR) is 86.0 cm³/mol. The van der Waals surface area contributed by atoms with Gasteiger partial charge in [-0.3, -0.25) is 4.79 Å². The minimum Gasteiger partial charge on any atom is -0.374 e. The summed E-state index contributed by atoms with van der Waals surface area (Å²) in [6, 6.07) is 7.54. The Balaban J connectivity index is 2.05. The van der Waals surface area contributed by atoms with E-state index in [0.717, 1.165) is 11.4 Å². The number of amides is 1. The molecule has 1 atom stereocenters. The molecule has 0 radical (unpaired) electrons. The van der Waals surface area contributed by atoms with Crippen molar-refractivity contribution in [2.45, 2.75) is 39.7 Å². The Bertz CT molecular complexity index is 634. The first-order chi connectivity index (χ1) is 10.4. The van der Waals surface area contributed by atoms with E-state index in [9.17, 15) is 4.79 Å². The lowest BCUT2D eigenvalue weighted by Crippen LogP contribution is -2.22. The SMILES string of the molecule is CC(=O)N(C)c1ccc(N[C@H](C)c2nc(C(C)C)no2)cc1. The van der Waals surface area contributed by atoms with Gasteiger partial charge in [0.05, 0.1) is 0 Å². The molecule has 2 rings (SSSR count). The Kier molecular flexibility index (Phi) is 4.80. The van der Waals surface area contributed by atoms with Crippen LogP contribution in [0.4, 0.5) is 11.4 Å². The van der Waals surface area contributed by atoms with Gasteiger partial charge in [0, 0.05) is 31.3 Å². The number of hydrogen-bond donors (Lipinski definition) is 1. The van der Waals surface area contributed by atoms with Gasteiger partial charge in [0.15, 0.2) is 5.82 Å². The number of nitrogens with one attached hydrogen (secondary N) is 1. The topological polar surface area (TPSA) is 71.3 Å². The zero-order chi connectivity index (χ0) is 16.3. The van der Waals surface area contributed by atoms with E-state index < -0.39 is 0 Å². The molecule has 0 fully saturated rings. The van der Waals surface area contributed by atoms with Gasteiger partial charge in [-0.05, 0) is 31.2 Å². The number of benzene rings is 1. The van der Waals surface area contributed by atoms with Crippen LogP contribution in [-0.4, -0.2) is 23.1 Å². The van der Waals surface area contributed by atoms with Gasteiger partial charge in [-0.15, -0.1) is 0 Å². The van der Waals surface area contributed by atoms with E-state index in [4.69, 9.17) is 4.52 Å². The monoisotopic (exact) mass is 302 g/mol. The molecule has 0 unspecified atom stereocenters. The average molecular weight is 302 g/mol. The van der Waals surface area contributed by atoms with Crippen molar-refractivity contribution in [2.75, 3.05) is 17.3 Å². The van der Waals surface area contributed by atoms with Crippen LogP contribution in [-0.2, 0) is 4.79 Å². The van der Waals surface area contributed by atoms with Gasteiger partial charge >= 0.3 is 0 Å². The van der Waals surface area contributed by atoms with Crippen molar-refractivity contribution in [1.29, 1.82) is 0 Å². The second-order valence-electron chi connectivity index (χ2n) is 5.64. The summed E-state index contributed by atoms with van der Waals surface area (Å²) >= 11 is 0. The molecule has 0 aliphatic rings. The summed E-state index contributed by atoms with van der Waals surface area (Å²) in [5, 5.41) is 7.27. The Morgan fingerprint density at radius 1 is 1.23 bits per heavy atom. The fourth-order valence-corrected chi connectivity index (χ4v) is 1.93. The molecule has 118 valence electrons. The van der Waals surface area contributed by atoms with Gasteiger partial charge in [0.1, 0.15) is 6.04 Å². The van der Waals surface area contributed by atoms with Crippen molar-refractivity contribution < 1.29 is 9.32 Å². The van der Waals surface area contributed by atoms with Gasteiger partial charge < -0.3 is 14.7 Å². The summed E-state index contributed by atoms with van der Waals surface area (Å²) in [6.07, 6.45) is 0. The maximum absolute atomic E-state index is 11.3. The van der Waals surface area contributed by atoms with Crippen LogP contribution in [0, 0.1) is 0 Å². The summed E-state index contributed by atoms with van der Waals surface area (Å²) in [7, 11) is 1.75. The van der Waals surface area contributed by atoms with Gasteiger partial charge in [-0.1, -0.05) is 19.0 Å². The van der Waals surface area contributed by atoms with E-state index in [0.29, 0.717) is 11.7 Å². The maximum atomic E-state index is 11.3. The van der Waals surface area contributed by atoms with E-state index in [1.54, 1.807) is 11.9 Å². The van der Waals surface area contributed by atoms with Crippen molar-refractivity contribution >= 4 is 17.3 Å². The highest BCUT2D eigenvalue weighted by molar-refractivity contribution is 5.91. The van der Waals surface area contributed by atoms with Crippen LogP contribution in [0.25, 0.3) is 0 Å². The minimum absolute atomic E-state index is 0.00107. The van der Waals surface area contributed by atoms with Gasteiger partial charge in [0.2, 0.25) is 11.8 Å². The molecule has 0 aliphatic carbocycles. The van der Waals surface area contributed by atoms with Crippen LogP contribution >= 0.6 is 0 Å². The predicted octanol–water partition coefficient (Wildman–Crippen LogP) is 3.35. The molecule has 0 aliphatic heterocycles. The number of nitrogens with zero attached hydrogens (tertiary/aromatic N) is 3. The van der Waals surface area contributed by atoms with Gasteiger partial charge in [-0.2, -0.15) is 4.98 Å². The van der Waals surface area contributed by atoms with Crippen LogP contribution in [0.3, 0.4) is 0 Å². The summed E-state index contributed by atoms with van der Waals surface area (Å²) in [5.74, 6) is 1.52. The molecule has 1 heterocycles. The van der Waals surface area contributed by atoms with Crippen LogP contribution in [0.15, 0.2) is 28.8 Å². The third-order valence-corrected chi connectivity index (χ3v) is 3.45. The lowest BCUT2D eigenvalue weighted by atomic mass is 10.2. The third kappa shape index (κ3) is 3.63. The second kappa shape index (κ2) is 6.60. The lowest BCUT2D eigenvalue weighted by Gasteiger charge is -2.16. The van der Waals surface area contributed by atoms with Gasteiger partial charge in [0.25, 0.3) is 0 Å². The molecule has 1 aromatic heterocycles. The smallest absolute Gasteiger partial charge is 0.248 e. The van der Waals surface area contributed by atoms with E-state index in [1.165, 1.54) is 6.92 Å². The number of hydrogen-bond acceptors (Lipinski definition) is 5. The minimum atomic E-state index is -0.0867. The van der Waals surface area contributed by atoms with Crippen LogP contribution in [0.5, 0.6) is 0 Å². The zero-order valence-electron chi connectivity index (χ0n) is 13.6. The van der Waals surface area contributed by atoms with E-state index in [2.05, 4.69) is 15.5 Å². The highest BCUT2D eigenvalue weighted by Gasteiger charge is 2.16. The molecule has 0 spiro atoms. The number of anilines is 2. The fourth-order valence-electron chi connectivity index (χ4n) is 1.93. The van der Waals surface area contributed by atoms with Gasteiger partial charge in [-0.25, -0.2) is 0 Å². The first kappa shape index (κ1) is 16.0. The average Bonchev–Trinajstić information content (AvgIpc) is 2.97. The van der Waals surface area contributed by atoms with Crippen LogP contribution in [0.2, 0.25) is 0 Å². The van der Waals surface area contributed by atoms with Crippen molar-refractivity contribution in [1.82, 2.24) is 10.1 Å². The molecule has 6 nitrogen and oxygen atoms in total. The summed E-state index contributed by atoms with van der Waals surface area (Å²) in [4.78, 5) is 17.3. The standard InChI is InChI=1S/C16H22N4O2/c1-10(2)15-18-16(22-19-15)11(3)17-13-6-8-14(9-7-13)20(5)12(4)21/h6-11,17H,1-5H3/t11-/m1/s1. The Morgan fingerprint density at radius 3 is 2.36 bits per heavy atom. The Morgan fingerprint density at radius 2 is 1.86 bits per heavy atom. The van der Waals surface area contributed by atoms with Crippen molar-refractivity contribution in [3.63, 3.8) is 0 Å².